The molecule has 6 nitrogen and oxygen atoms in total. The minimum atomic E-state index is -0.206. The molecule has 0 aliphatic rings. The van der Waals surface area contributed by atoms with Crippen LogP contribution in [0.4, 0.5) is 0 Å². The molecule has 0 bridgehead atoms. The topological polar surface area (TPSA) is 76.9 Å². The zero-order chi connectivity index (χ0) is 20.9. The van der Waals surface area contributed by atoms with Crippen molar-refractivity contribution >= 4 is 40.2 Å². The second-order valence-electron chi connectivity index (χ2n) is 6.45. The summed E-state index contributed by atoms with van der Waals surface area (Å²) in [6, 6.07) is 17.8. The number of aromatic nitrogens is 3. The Morgan fingerprint density at radius 3 is 2.67 bits per heavy atom. The van der Waals surface area contributed by atoms with Gasteiger partial charge in [-0.3, -0.25) is 19.1 Å². The predicted molar refractivity (Wildman–Crippen MR) is 119 cm³/mol. The minimum absolute atomic E-state index is 0.121. The molecule has 0 fully saturated rings. The number of fused-ring (bicyclic) bond motifs is 1. The normalized spacial score (nSPS) is 10.8. The van der Waals surface area contributed by atoms with E-state index in [1.54, 1.807) is 54.9 Å². The van der Waals surface area contributed by atoms with E-state index in [9.17, 15) is 9.59 Å². The molecule has 0 aliphatic heterocycles. The van der Waals surface area contributed by atoms with Crippen LogP contribution in [-0.2, 0) is 11.3 Å². The molecule has 0 atom stereocenters. The van der Waals surface area contributed by atoms with Gasteiger partial charge in [0.05, 0.1) is 22.3 Å². The molecule has 0 aliphatic carbocycles. The first kappa shape index (κ1) is 20.1. The Morgan fingerprint density at radius 2 is 1.87 bits per heavy atom. The summed E-state index contributed by atoms with van der Waals surface area (Å²) < 4.78 is 1.50. The molecule has 2 heterocycles. The molecule has 4 rings (SSSR count). The average Bonchev–Trinajstić information content (AvgIpc) is 2.77. The largest absolute Gasteiger partial charge is 0.351 e. The lowest BCUT2D eigenvalue weighted by Crippen LogP contribution is -2.26. The van der Waals surface area contributed by atoms with Crippen molar-refractivity contribution < 1.29 is 4.79 Å². The summed E-state index contributed by atoms with van der Waals surface area (Å²) in [5, 5.41) is 4.31. The van der Waals surface area contributed by atoms with Crippen LogP contribution in [0.15, 0.2) is 83.0 Å². The third kappa shape index (κ3) is 4.53. The third-order valence-corrected chi connectivity index (χ3v) is 5.56. The monoisotopic (exact) mass is 436 g/mol. The van der Waals surface area contributed by atoms with Crippen molar-refractivity contribution in [3.63, 3.8) is 0 Å². The van der Waals surface area contributed by atoms with Gasteiger partial charge in [-0.25, -0.2) is 4.98 Å². The molecule has 2 aromatic carbocycles. The maximum atomic E-state index is 13.2. The summed E-state index contributed by atoms with van der Waals surface area (Å²) in [7, 11) is 0. The van der Waals surface area contributed by atoms with Gasteiger partial charge in [0.25, 0.3) is 5.56 Å². The van der Waals surface area contributed by atoms with E-state index in [2.05, 4.69) is 15.3 Å². The highest BCUT2D eigenvalue weighted by Gasteiger charge is 2.15. The van der Waals surface area contributed by atoms with E-state index in [0.29, 0.717) is 33.3 Å². The lowest BCUT2D eigenvalue weighted by Gasteiger charge is -2.13. The number of halogens is 1. The van der Waals surface area contributed by atoms with E-state index in [1.807, 2.05) is 18.2 Å². The Morgan fingerprint density at radius 1 is 1.07 bits per heavy atom. The number of nitrogens with one attached hydrogen (secondary N) is 1. The van der Waals surface area contributed by atoms with Gasteiger partial charge in [0, 0.05) is 24.0 Å². The van der Waals surface area contributed by atoms with Crippen molar-refractivity contribution in [1.29, 1.82) is 0 Å². The van der Waals surface area contributed by atoms with E-state index in [4.69, 9.17) is 11.6 Å². The van der Waals surface area contributed by atoms with Gasteiger partial charge in [-0.2, -0.15) is 0 Å². The second-order valence-corrected chi connectivity index (χ2v) is 7.83. The molecule has 4 aromatic rings. The van der Waals surface area contributed by atoms with Crippen molar-refractivity contribution in [2.75, 3.05) is 5.75 Å². The molecule has 150 valence electrons. The number of carbonyl (C=O) groups excluding carboxylic acids is 1. The van der Waals surface area contributed by atoms with Gasteiger partial charge in [0.2, 0.25) is 5.91 Å². The second kappa shape index (κ2) is 9.11. The summed E-state index contributed by atoms with van der Waals surface area (Å²) in [6.07, 6.45) is 3.36. The first-order valence-corrected chi connectivity index (χ1v) is 10.5. The van der Waals surface area contributed by atoms with Gasteiger partial charge in [-0.05, 0) is 48.0 Å². The molecule has 0 radical (unpaired) electrons. The number of amides is 1. The van der Waals surface area contributed by atoms with Crippen molar-refractivity contribution in [3.8, 4) is 5.69 Å². The maximum absolute atomic E-state index is 13.2. The van der Waals surface area contributed by atoms with Crippen molar-refractivity contribution in [2.24, 2.45) is 0 Å². The first-order chi connectivity index (χ1) is 14.6. The van der Waals surface area contributed by atoms with Crippen LogP contribution in [0.3, 0.4) is 0 Å². The number of hydrogen-bond donors (Lipinski definition) is 1. The molecule has 2 aromatic heterocycles. The zero-order valence-electron chi connectivity index (χ0n) is 15.8. The fourth-order valence-electron chi connectivity index (χ4n) is 2.93. The van der Waals surface area contributed by atoms with E-state index in [1.165, 1.54) is 16.3 Å². The summed E-state index contributed by atoms with van der Waals surface area (Å²) >= 11 is 7.34. The standard InChI is InChI=1S/C22H17ClN4O2S/c23-16-4-3-5-17(12-16)27-21(29)18-6-1-2-7-19(18)26-22(27)30-14-20(28)25-13-15-8-10-24-11-9-15/h1-12H,13-14H2,(H,25,28). The lowest BCUT2D eigenvalue weighted by molar-refractivity contribution is -0.118. The molecular formula is C22H17ClN4O2S. The molecule has 30 heavy (non-hydrogen) atoms. The van der Waals surface area contributed by atoms with Gasteiger partial charge in [-0.1, -0.05) is 41.6 Å². The molecule has 0 spiro atoms. The summed E-state index contributed by atoms with van der Waals surface area (Å²) in [5.41, 5.74) is 1.94. The van der Waals surface area contributed by atoms with Crippen LogP contribution < -0.4 is 10.9 Å². The molecule has 0 saturated carbocycles. The number of carbonyl (C=O) groups is 1. The van der Waals surface area contributed by atoms with E-state index < -0.39 is 0 Å². The van der Waals surface area contributed by atoms with E-state index in [-0.39, 0.29) is 17.2 Å². The average molecular weight is 437 g/mol. The Bertz CT molecular complexity index is 1260. The lowest BCUT2D eigenvalue weighted by atomic mass is 10.2. The van der Waals surface area contributed by atoms with E-state index in [0.717, 1.165) is 5.56 Å². The molecule has 8 heteroatoms. The summed E-state index contributed by atoms with van der Waals surface area (Å²) in [5.74, 6) is -0.0342. The van der Waals surface area contributed by atoms with Crippen LogP contribution in [0.1, 0.15) is 5.56 Å². The molecule has 1 amide bonds. The van der Waals surface area contributed by atoms with Crippen LogP contribution in [0.5, 0.6) is 0 Å². The first-order valence-electron chi connectivity index (χ1n) is 9.18. The van der Waals surface area contributed by atoms with Crippen molar-refractivity contribution in [2.45, 2.75) is 11.7 Å². The van der Waals surface area contributed by atoms with Gasteiger partial charge in [0.1, 0.15) is 0 Å². The Hall–Kier alpha value is -3.16. The van der Waals surface area contributed by atoms with Crippen LogP contribution in [0.25, 0.3) is 16.6 Å². The van der Waals surface area contributed by atoms with Crippen LogP contribution in [0.2, 0.25) is 5.02 Å². The fraction of sp³-hybridized carbons (Fsp3) is 0.0909. The number of rotatable bonds is 6. The summed E-state index contributed by atoms with van der Waals surface area (Å²) in [6.45, 7) is 0.411. The summed E-state index contributed by atoms with van der Waals surface area (Å²) in [4.78, 5) is 34.1. The number of thioether (sulfide) groups is 1. The van der Waals surface area contributed by atoms with Crippen molar-refractivity contribution in [1.82, 2.24) is 19.9 Å². The van der Waals surface area contributed by atoms with E-state index >= 15 is 0 Å². The minimum Gasteiger partial charge on any atom is -0.351 e. The van der Waals surface area contributed by atoms with Crippen molar-refractivity contribution in [3.05, 3.63) is 94.0 Å². The van der Waals surface area contributed by atoms with Crippen LogP contribution >= 0.6 is 23.4 Å². The molecule has 0 saturated heterocycles. The predicted octanol–water partition coefficient (Wildman–Crippen LogP) is 3.84. The SMILES string of the molecule is O=C(CSc1nc2ccccc2c(=O)n1-c1cccc(Cl)c1)NCc1ccncc1. The highest BCUT2D eigenvalue weighted by molar-refractivity contribution is 7.99. The Labute approximate surface area is 181 Å². The number of nitrogens with zero attached hydrogens (tertiary/aromatic N) is 3. The smallest absolute Gasteiger partial charge is 0.266 e. The van der Waals surface area contributed by atoms with Gasteiger partial charge >= 0.3 is 0 Å². The molecule has 0 unspecified atom stereocenters. The highest BCUT2D eigenvalue weighted by Crippen LogP contribution is 2.22. The third-order valence-electron chi connectivity index (χ3n) is 4.38. The zero-order valence-corrected chi connectivity index (χ0v) is 17.4. The quantitative estimate of drug-likeness (QED) is 0.367. The van der Waals surface area contributed by atoms with Crippen LogP contribution in [0, 0.1) is 0 Å². The fourth-order valence-corrected chi connectivity index (χ4v) is 3.96. The number of pyridine rings is 1. The Kier molecular flexibility index (Phi) is 6.11. The maximum Gasteiger partial charge on any atom is 0.266 e. The Balaban J connectivity index is 1.61. The molecular weight excluding hydrogens is 420 g/mol. The number of para-hydroxylation sites is 1. The van der Waals surface area contributed by atoms with Gasteiger partial charge in [0.15, 0.2) is 5.16 Å². The van der Waals surface area contributed by atoms with Gasteiger partial charge < -0.3 is 5.32 Å². The molecule has 1 N–H and O–H groups in total. The van der Waals surface area contributed by atoms with Crippen LogP contribution in [-0.4, -0.2) is 26.2 Å². The number of benzene rings is 2. The van der Waals surface area contributed by atoms with Gasteiger partial charge in [-0.15, -0.1) is 0 Å². The highest BCUT2D eigenvalue weighted by atomic mass is 35.5. The number of hydrogen-bond acceptors (Lipinski definition) is 5.